The Kier molecular flexibility index (Phi) is 3.92. The lowest BCUT2D eigenvalue weighted by Crippen LogP contribution is -2.13. The number of hydrogen-bond acceptors (Lipinski definition) is 5. The maximum absolute atomic E-state index is 11.5. The molecule has 0 spiro atoms. The SMILES string of the molecule is COC(=O)/C(=C/N)c1c(C(=O)OC)ccn1C. The van der Waals surface area contributed by atoms with E-state index in [1.165, 1.54) is 14.2 Å². The van der Waals surface area contributed by atoms with Crippen LogP contribution in [0.3, 0.4) is 0 Å². The Balaban J connectivity index is 3.34. The molecule has 2 N–H and O–H groups in total. The molecule has 92 valence electrons. The number of carbonyl (C=O) groups excluding carboxylic acids is 2. The van der Waals surface area contributed by atoms with E-state index in [1.54, 1.807) is 23.9 Å². The number of esters is 2. The molecule has 0 aromatic carbocycles. The fourth-order valence-corrected chi connectivity index (χ4v) is 1.49. The summed E-state index contributed by atoms with van der Waals surface area (Å²) in [6.07, 6.45) is 2.74. The lowest BCUT2D eigenvalue weighted by atomic mass is 10.1. The fraction of sp³-hybridized carbons (Fsp3) is 0.273. The molecule has 6 nitrogen and oxygen atoms in total. The van der Waals surface area contributed by atoms with Crippen LogP contribution in [0.25, 0.3) is 5.57 Å². The van der Waals surface area contributed by atoms with Crippen LogP contribution >= 0.6 is 0 Å². The zero-order valence-electron chi connectivity index (χ0n) is 9.89. The van der Waals surface area contributed by atoms with Crippen molar-refractivity contribution in [3.8, 4) is 0 Å². The zero-order chi connectivity index (χ0) is 13.0. The second-order valence-corrected chi connectivity index (χ2v) is 3.25. The average Bonchev–Trinajstić information content (AvgIpc) is 2.71. The minimum Gasteiger partial charge on any atom is -0.465 e. The van der Waals surface area contributed by atoms with Crippen LogP contribution < -0.4 is 5.73 Å². The van der Waals surface area contributed by atoms with Crippen molar-refractivity contribution >= 4 is 17.5 Å². The van der Waals surface area contributed by atoms with Crippen molar-refractivity contribution in [1.29, 1.82) is 0 Å². The molecule has 1 rings (SSSR count). The predicted molar refractivity (Wildman–Crippen MR) is 60.9 cm³/mol. The van der Waals surface area contributed by atoms with Gasteiger partial charge in [-0.15, -0.1) is 0 Å². The van der Waals surface area contributed by atoms with Crippen LogP contribution in [0.1, 0.15) is 16.1 Å². The van der Waals surface area contributed by atoms with Crippen LogP contribution in [0.15, 0.2) is 18.5 Å². The highest BCUT2D eigenvalue weighted by Crippen LogP contribution is 2.21. The van der Waals surface area contributed by atoms with Gasteiger partial charge < -0.3 is 19.8 Å². The molecular weight excluding hydrogens is 224 g/mol. The molecule has 1 heterocycles. The van der Waals surface area contributed by atoms with Gasteiger partial charge in [-0.1, -0.05) is 0 Å². The number of nitrogens with zero attached hydrogens (tertiary/aromatic N) is 1. The van der Waals surface area contributed by atoms with Crippen molar-refractivity contribution in [2.24, 2.45) is 12.8 Å². The molecule has 1 aromatic heterocycles. The Morgan fingerprint density at radius 1 is 1.35 bits per heavy atom. The monoisotopic (exact) mass is 238 g/mol. The first-order chi connectivity index (χ1) is 8.06. The summed E-state index contributed by atoms with van der Waals surface area (Å²) in [5, 5.41) is 0. The molecule has 6 heteroatoms. The molecule has 0 bridgehead atoms. The van der Waals surface area contributed by atoms with Crippen molar-refractivity contribution in [3.63, 3.8) is 0 Å². The highest BCUT2D eigenvalue weighted by Gasteiger charge is 2.23. The van der Waals surface area contributed by atoms with Gasteiger partial charge >= 0.3 is 11.9 Å². The molecule has 0 aliphatic heterocycles. The largest absolute Gasteiger partial charge is 0.465 e. The Morgan fingerprint density at radius 2 is 2.00 bits per heavy atom. The normalized spacial score (nSPS) is 11.1. The van der Waals surface area contributed by atoms with E-state index in [4.69, 9.17) is 5.73 Å². The van der Waals surface area contributed by atoms with Crippen LogP contribution in [0, 0.1) is 0 Å². The Hall–Kier alpha value is -2.24. The highest BCUT2D eigenvalue weighted by molar-refractivity contribution is 6.18. The minimum atomic E-state index is -0.612. The third kappa shape index (κ3) is 2.30. The summed E-state index contributed by atoms with van der Waals surface area (Å²) in [7, 11) is 4.20. The summed E-state index contributed by atoms with van der Waals surface area (Å²) in [5.41, 5.74) is 6.13. The minimum absolute atomic E-state index is 0.111. The van der Waals surface area contributed by atoms with Gasteiger partial charge in [0.2, 0.25) is 0 Å². The molecule has 0 fully saturated rings. The quantitative estimate of drug-likeness (QED) is 0.604. The summed E-state index contributed by atoms with van der Waals surface area (Å²) in [6.45, 7) is 0. The van der Waals surface area contributed by atoms with Crippen LogP contribution in [-0.4, -0.2) is 30.7 Å². The summed E-state index contributed by atoms with van der Waals surface area (Å²) < 4.78 is 10.8. The number of nitrogens with two attached hydrogens (primary N) is 1. The lowest BCUT2D eigenvalue weighted by molar-refractivity contribution is -0.133. The number of ether oxygens (including phenoxy) is 2. The molecule has 0 aliphatic carbocycles. The van der Waals surface area contributed by atoms with Gasteiger partial charge in [0, 0.05) is 19.4 Å². The van der Waals surface area contributed by atoms with E-state index >= 15 is 0 Å². The number of hydrogen-bond donors (Lipinski definition) is 1. The lowest BCUT2D eigenvalue weighted by Gasteiger charge is -2.08. The first-order valence-corrected chi connectivity index (χ1v) is 4.81. The molecule has 1 aromatic rings. The summed E-state index contributed by atoms with van der Waals surface area (Å²) >= 11 is 0. The maximum atomic E-state index is 11.5. The number of methoxy groups -OCH3 is 2. The van der Waals surface area contributed by atoms with E-state index in [1.807, 2.05) is 0 Å². The molecule has 17 heavy (non-hydrogen) atoms. The van der Waals surface area contributed by atoms with Gasteiger partial charge in [0.15, 0.2) is 0 Å². The molecule has 0 unspecified atom stereocenters. The van der Waals surface area contributed by atoms with Crippen LogP contribution in [-0.2, 0) is 21.3 Å². The summed E-state index contributed by atoms with van der Waals surface area (Å²) in [5.74, 6) is -1.15. The summed E-state index contributed by atoms with van der Waals surface area (Å²) in [6, 6.07) is 1.55. The number of rotatable bonds is 3. The first-order valence-electron chi connectivity index (χ1n) is 4.81. The van der Waals surface area contributed by atoms with Gasteiger partial charge in [-0.2, -0.15) is 0 Å². The van der Waals surface area contributed by atoms with Gasteiger partial charge in [-0.3, -0.25) is 0 Å². The Labute approximate surface area is 98.6 Å². The smallest absolute Gasteiger partial charge is 0.341 e. The number of aromatic nitrogens is 1. The van der Waals surface area contributed by atoms with E-state index in [9.17, 15) is 9.59 Å². The molecule has 0 atom stereocenters. The molecule has 0 aliphatic rings. The van der Waals surface area contributed by atoms with Gasteiger partial charge in [0.05, 0.1) is 31.1 Å². The standard InChI is InChI=1S/C11H14N2O4/c1-13-5-4-7(10(14)16-2)9(13)8(6-12)11(15)17-3/h4-6H,12H2,1-3H3/b8-6+. The maximum Gasteiger partial charge on any atom is 0.341 e. The zero-order valence-corrected chi connectivity index (χ0v) is 9.89. The van der Waals surface area contributed by atoms with Crippen LogP contribution in [0.2, 0.25) is 0 Å². The highest BCUT2D eigenvalue weighted by atomic mass is 16.5. The van der Waals surface area contributed by atoms with E-state index < -0.39 is 11.9 Å². The molecule has 0 saturated heterocycles. The fourth-order valence-electron chi connectivity index (χ4n) is 1.49. The predicted octanol–water partition coefficient (Wildman–Crippen LogP) is 0.284. The Bertz CT molecular complexity index is 474. The van der Waals surface area contributed by atoms with E-state index in [2.05, 4.69) is 9.47 Å². The average molecular weight is 238 g/mol. The molecule has 0 radical (unpaired) electrons. The summed E-state index contributed by atoms with van der Waals surface area (Å²) in [4.78, 5) is 23.0. The first kappa shape index (κ1) is 12.8. The van der Waals surface area contributed by atoms with Crippen molar-refractivity contribution in [2.75, 3.05) is 14.2 Å². The van der Waals surface area contributed by atoms with Gasteiger partial charge in [-0.25, -0.2) is 9.59 Å². The number of carbonyl (C=O) groups is 2. The molecule has 0 amide bonds. The third-order valence-electron chi connectivity index (χ3n) is 2.31. The van der Waals surface area contributed by atoms with E-state index in [0.717, 1.165) is 6.20 Å². The topological polar surface area (TPSA) is 83.6 Å². The second kappa shape index (κ2) is 5.20. The second-order valence-electron chi connectivity index (χ2n) is 3.25. The Morgan fingerprint density at radius 3 is 2.47 bits per heavy atom. The van der Waals surface area contributed by atoms with Crippen molar-refractivity contribution < 1.29 is 19.1 Å². The van der Waals surface area contributed by atoms with E-state index in [-0.39, 0.29) is 11.1 Å². The molecular formula is C11H14N2O4. The van der Waals surface area contributed by atoms with E-state index in [0.29, 0.717) is 5.69 Å². The van der Waals surface area contributed by atoms with Gasteiger partial charge in [-0.05, 0) is 6.07 Å². The van der Waals surface area contributed by atoms with Crippen molar-refractivity contribution in [1.82, 2.24) is 4.57 Å². The van der Waals surface area contributed by atoms with Gasteiger partial charge in [0.25, 0.3) is 0 Å². The third-order valence-corrected chi connectivity index (χ3v) is 2.31. The van der Waals surface area contributed by atoms with Gasteiger partial charge in [0.1, 0.15) is 0 Å². The molecule has 0 saturated carbocycles. The number of aryl methyl sites for hydroxylation is 1. The van der Waals surface area contributed by atoms with Crippen LogP contribution in [0.4, 0.5) is 0 Å². The van der Waals surface area contributed by atoms with Crippen molar-refractivity contribution in [2.45, 2.75) is 0 Å². The van der Waals surface area contributed by atoms with Crippen molar-refractivity contribution in [3.05, 3.63) is 29.7 Å². The van der Waals surface area contributed by atoms with Crippen LogP contribution in [0.5, 0.6) is 0 Å².